The maximum atomic E-state index is 11.6. The van der Waals surface area contributed by atoms with Crippen LogP contribution >= 0.6 is 0 Å². The van der Waals surface area contributed by atoms with Crippen LogP contribution in [0.2, 0.25) is 0 Å². The highest BCUT2D eigenvalue weighted by atomic mass is 16.2. The van der Waals surface area contributed by atoms with Crippen LogP contribution in [0.4, 0.5) is 0 Å². The van der Waals surface area contributed by atoms with Gasteiger partial charge in [0, 0.05) is 32.4 Å². The summed E-state index contributed by atoms with van der Waals surface area (Å²) in [6, 6.07) is 0. The van der Waals surface area contributed by atoms with Gasteiger partial charge in [0.1, 0.15) is 5.82 Å². The Morgan fingerprint density at radius 1 is 1.71 bits per heavy atom. The first-order valence-electron chi connectivity index (χ1n) is 4.89. The highest BCUT2D eigenvalue weighted by Gasteiger charge is 2.32. The molecule has 0 spiro atoms. The zero-order chi connectivity index (χ0) is 10.1. The zero-order valence-electron chi connectivity index (χ0n) is 8.60. The van der Waals surface area contributed by atoms with Gasteiger partial charge in [-0.05, 0) is 12.8 Å². The molecule has 1 aromatic heterocycles. The Balaban J connectivity index is 1.96. The lowest BCUT2D eigenvalue weighted by atomic mass is 10.3. The molecule has 0 N–H and O–H groups in total. The van der Waals surface area contributed by atoms with Crippen LogP contribution in [-0.2, 0) is 18.4 Å². The Bertz CT molecular complexity index is 341. The summed E-state index contributed by atoms with van der Waals surface area (Å²) < 4.78 is 1.94. The Morgan fingerprint density at radius 3 is 2.93 bits per heavy atom. The Labute approximate surface area is 83.5 Å². The van der Waals surface area contributed by atoms with E-state index in [1.54, 1.807) is 11.1 Å². The molecule has 0 aromatic carbocycles. The van der Waals surface area contributed by atoms with Crippen molar-refractivity contribution in [3.63, 3.8) is 0 Å². The molecular formula is C10H15N3O. The molecule has 4 nitrogen and oxygen atoms in total. The number of hydrogen-bond acceptors (Lipinski definition) is 2. The summed E-state index contributed by atoms with van der Waals surface area (Å²) in [5.74, 6) is 1.48. The predicted molar refractivity (Wildman–Crippen MR) is 52.4 cm³/mol. The second-order valence-electron chi connectivity index (χ2n) is 3.92. The van der Waals surface area contributed by atoms with Crippen molar-refractivity contribution in [2.24, 2.45) is 13.0 Å². The van der Waals surface area contributed by atoms with Crippen molar-refractivity contribution >= 4 is 5.91 Å². The Kier molecular flexibility index (Phi) is 2.27. The van der Waals surface area contributed by atoms with E-state index >= 15 is 0 Å². The van der Waals surface area contributed by atoms with Crippen LogP contribution < -0.4 is 0 Å². The molecule has 0 saturated heterocycles. The fraction of sp³-hybridized carbons (Fsp3) is 0.600. The average molecular weight is 193 g/mol. The monoisotopic (exact) mass is 193 g/mol. The minimum Gasteiger partial charge on any atom is -0.338 e. The third kappa shape index (κ3) is 1.78. The van der Waals surface area contributed by atoms with Crippen LogP contribution in [-0.4, -0.2) is 27.4 Å². The third-order valence-corrected chi connectivity index (χ3v) is 2.60. The molecular weight excluding hydrogens is 178 g/mol. The number of aryl methyl sites for hydroxylation is 1. The molecule has 0 aliphatic heterocycles. The van der Waals surface area contributed by atoms with Crippen molar-refractivity contribution in [3.05, 3.63) is 18.2 Å². The lowest BCUT2D eigenvalue weighted by Crippen LogP contribution is -2.28. The molecule has 2 rings (SSSR count). The molecule has 1 amide bonds. The van der Waals surface area contributed by atoms with Crippen molar-refractivity contribution in [2.75, 3.05) is 7.05 Å². The number of amides is 1. The van der Waals surface area contributed by atoms with Gasteiger partial charge < -0.3 is 9.47 Å². The first-order chi connectivity index (χ1) is 6.68. The largest absolute Gasteiger partial charge is 0.338 e. The van der Waals surface area contributed by atoms with E-state index in [2.05, 4.69) is 4.98 Å². The van der Waals surface area contributed by atoms with Gasteiger partial charge in [0.25, 0.3) is 0 Å². The molecule has 0 unspecified atom stereocenters. The van der Waals surface area contributed by atoms with Gasteiger partial charge in [-0.25, -0.2) is 4.98 Å². The van der Waals surface area contributed by atoms with E-state index in [0.717, 1.165) is 18.7 Å². The zero-order valence-corrected chi connectivity index (χ0v) is 8.60. The van der Waals surface area contributed by atoms with Crippen molar-refractivity contribution in [1.29, 1.82) is 0 Å². The van der Waals surface area contributed by atoms with Crippen LogP contribution in [0.1, 0.15) is 18.7 Å². The first-order valence-corrected chi connectivity index (χ1v) is 4.89. The number of aromatic nitrogens is 2. The van der Waals surface area contributed by atoms with Crippen molar-refractivity contribution in [2.45, 2.75) is 19.4 Å². The minimum atomic E-state index is 0.257. The van der Waals surface area contributed by atoms with E-state index < -0.39 is 0 Å². The molecule has 0 atom stereocenters. The molecule has 76 valence electrons. The molecule has 0 radical (unpaired) electrons. The summed E-state index contributed by atoms with van der Waals surface area (Å²) in [6.45, 7) is 0.610. The summed E-state index contributed by atoms with van der Waals surface area (Å²) in [5, 5.41) is 0. The molecule has 1 aliphatic carbocycles. The molecule has 1 heterocycles. The van der Waals surface area contributed by atoms with Gasteiger partial charge in [-0.2, -0.15) is 0 Å². The average Bonchev–Trinajstić information content (AvgIpc) is 2.92. The summed E-state index contributed by atoms with van der Waals surface area (Å²) in [4.78, 5) is 17.6. The number of carbonyl (C=O) groups is 1. The Hall–Kier alpha value is -1.32. The van der Waals surface area contributed by atoms with Gasteiger partial charge in [0.05, 0.1) is 6.54 Å². The first kappa shape index (κ1) is 9.24. The van der Waals surface area contributed by atoms with Crippen LogP contribution in [0, 0.1) is 5.92 Å². The van der Waals surface area contributed by atoms with Crippen LogP contribution in [0.25, 0.3) is 0 Å². The highest BCUT2D eigenvalue weighted by molar-refractivity contribution is 5.80. The van der Waals surface area contributed by atoms with Gasteiger partial charge >= 0.3 is 0 Å². The van der Waals surface area contributed by atoms with E-state index in [1.807, 2.05) is 24.9 Å². The second-order valence-corrected chi connectivity index (χ2v) is 3.92. The molecule has 1 saturated carbocycles. The molecule has 1 fully saturated rings. The fourth-order valence-electron chi connectivity index (χ4n) is 1.48. The molecule has 1 aliphatic rings. The summed E-state index contributed by atoms with van der Waals surface area (Å²) in [5.41, 5.74) is 0. The van der Waals surface area contributed by atoms with Gasteiger partial charge in [0.15, 0.2) is 0 Å². The van der Waals surface area contributed by atoms with E-state index in [0.29, 0.717) is 12.5 Å². The quantitative estimate of drug-likeness (QED) is 0.711. The lowest BCUT2D eigenvalue weighted by Gasteiger charge is -2.16. The SMILES string of the molecule is CN(Cc1nccn1C)C(=O)C1CC1. The van der Waals surface area contributed by atoms with Gasteiger partial charge in [0.2, 0.25) is 5.91 Å². The van der Waals surface area contributed by atoms with Crippen molar-refractivity contribution in [3.8, 4) is 0 Å². The highest BCUT2D eigenvalue weighted by Crippen LogP contribution is 2.30. The topological polar surface area (TPSA) is 38.1 Å². The predicted octanol–water partition coefficient (Wildman–Crippen LogP) is 0.788. The van der Waals surface area contributed by atoms with Crippen molar-refractivity contribution in [1.82, 2.24) is 14.5 Å². The number of nitrogens with zero attached hydrogens (tertiary/aromatic N) is 3. The third-order valence-electron chi connectivity index (χ3n) is 2.60. The normalized spacial score (nSPS) is 15.6. The van der Waals surface area contributed by atoms with E-state index in [9.17, 15) is 4.79 Å². The van der Waals surface area contributed by atoms with E-state index in [1.165, 1.54) is 0 Å². The van der Waals surface area contributed by atoms with Gasteiger partial charge in [-0.3, -0.25) is 4.79 Å². The Morgan fingerprint density at radius 2 is 2.43 bits per heavy atom. The number of carbonyl (C=O) groups excluding carboxylic acids is 1. The molecule has 1 aromatic rings. The second kappa shape index (κ2) is 3.44. The van der Waals surface area contributed by atoms with Crippen LogP contribution in [0.5, 0.6) is 0 Å². The standard InChI is InChI=1S/C10H15N3O/c1-12-6-5-11-9(12)7-13(2)10(14)8-3-4-8/h5-6,8H,3-4,7H2,1-2H3. The lowest BCUT2D eigenvalue weighted by molar-refractivity contribution is -0.131. The van der Waals surface area contributed by atoms with E-state index in [-0.39, 0.29) is 5.91 Å². The molecule has 4 heteroatoms. The van der Waals surface area contributed by atoms with E-state index in [4.69, 9.17) is 0 Å². The summed E-state index contributed by atoms with van der Waals surface area (Å²) >= 11 is 0. The maximum absolute atomic E-state index is 11.6. The molecule has 0 bridgehead atoms. The van der Waals surface area contributed by atoms with Crippen LogP contribution in [0.15, 0.2) is 12.4 Å². The van der Waals surface area contributed by atoms with Crippen molar-refractivity contribution < 1.29 is 4.79 Å². The maximum Gasteiger partial charge on any atom is 0.225 e. The molecule has 14 heavy (non-hydrogen) atoms. The van der Waals surface area contributed by atoms with Gasteiger partial charge in [-0.15, -0.1) is 0 Å². The van der Waals surface area contributed by atoms with Gasteiger partial charge in [-0.1, -0.05) is 0 Å². The summed E-state index contributed by atoms with van der Waals surface area (Å²) in [6.07, 6.45) is 5.77. The smallest absolute Gasteiger partial charge is 0.225 e. The van der Waals surface area contributed by atoms with Crippen LogP contribution in [0.3, 0.4) is 0 Å². The number of hydrogen-bond donors (Lipinski definition) is 0. The fourth-order valence-corrected chi connectivity index (χ4v) is 1.48. The number of imidazole rings is 1. The summed E-state index contributed by atoms with van der Waals surface area (Å²) in [7, 11) is 3.78. The number of rotatable bonds is 3. The minimum absolute atomic E-state index is 0.257.